The second-order valence-electron chi connectivity index (χ2n) is 8.69. The largest absolute Gasteiger partial charge is 0.508 e. The molecule has 0 saturated heterocycles. The summed E-state index contributed by atoms with van der Waals surface area (Å²) in [5.74, 6) is 1.80. The van der Waals surface area contributed by atoms with E-state index in [2.05, 4.69) is 13.0 Å². The molecule has 0 aliphatic heterocycles. The predicted molar refractivity (Wildman–Crippen MR) is 85.9 cm³/mol. The van der Waals surface area contributed by atoms with Crippen LogP contribution in [-0.2, 0) is 6.42 Å². The van der Waals surface area contributed by atoms with Crippen LogP contribution in [0.2, 0.25) is 0 Å². The van der Waals surface area contributed by atoms with E-state index < -0.39 is 0 Å². The maximum atomic E-state index is 11.2. The molecule has 0 radical (unpaired) electrons. The Labute approximate surface area is 132 Å². The molecule has 2 heteroatoms. The molecule has 0 spiro atoms. The fraction of sp³-hybridized carbons (Fsp3) is 0.700. The summed E-state index contributed by atoms with van der Waals surface area (Å²) in [4.78, 5) is 0. The third kappa shape index (κ3) is 1.29. The first kappa shape index (κ1) is 13.4. The lowest BCUT2D eigenvalue weighted by Crippen LogP contribution is -2.51. The molecule has 4 aliphatic carbocycles. The SMILES string of the molecule is C[C@]12CCC3c4ccc(O)cc4CCC3C13CCC2(O)CC3. The van der Waals surface area contributed by atoms with Crippen molar-refractivity contribution >= 4 is 0 Å². The molecule has 3 fully saturated rings. The standard InChI is InChI=1S/C20H26O2/c1-18-7-6-16-15-4-3-14(21)12-13(15)2-5-17(16)19(18)8-10-20(18,22)11-9-19/h3-4,12,16-17,21-22H,2,5-11H2,1H3/t16?,17?,18-,19?,20?/m0/s1. The second-order valence-corrected chi connectivity index (χ2v) is 8.69. The molecule has 22 heavy (non-hydrogen) atoms. The summed E-state index contributed by atoms with van der Waals surface area (Å²) in [6, 6.07) is 6.03. The van der Waals surface area contributed by atoms with Crippen LogP contribution >= 0.6 is 0 Å². The Morgan fingerprint density at radius 2 is 1.82 bits per heavy atom. The summed E-state index contributed by atoms with van der Waals surface area (Å²) >= 11 is 0. The van der Waals surface area contributed by atoms with E-state index in [4.69, 9.17) is 0 Å². The second kappa shape index (κ2) is 3.90. The number of aliphatic hydroxyl groups is 1. The van der Waals surface area contributed by atoms with Gasteiger partial charge in [-0.25, -0.2) is 0 Å². The van der Waals surface area contributed by atoms with Gasteiger partial charge in [0, 0.05) is 5.41 Å². The Morgan fingerprint density at radius 3 is 2.59 bits per heavy atom. The number of hydrogen-bond acceptors (Lipinski definition) is 2. The van der Waals surface area contributed by atoms with Crippen LogP contribution in [0.3, 0.4) is 0 Å². The molecule has 3 saturated carbocycles. The summed E-state index contributed by atoms with van der Waals surface area (Å²) in [7, 11) is 0. The third-order valence-electron chi connectivity index (χ3n) is 8.50. The Balaban J connectivity index is 1.62. The van der Waals surface area contributed by atoms with Gasteiger partial charge >= 0.3 is 0 Å². The van der Waals surface area contributed by atoms with Crippen LogP contribution in [0, 0.1) is 16.7 Å². The van der Waals surface area contributed by atoms with Crippen LogP contribution in [0.4, 0.5) is 0 Å². The molecule has 118 valence electrons. The maximum absolute atomic E-state index is 11.2. The normalized spacial score (nSPS) is 48.6. The van der Waals surface area contributed by atoms with Crippen LogP contribution < -0.4 is 0 Å². The number of phenols is 1. The highest BCUT2D eigenvalue weighted by molar-refractivity contribution is 5.41. The zero-order valence-corrected chi connectivity index (χ0v) is 13.4. The van der Waals surface area contributed by atoms with Gasteiger partial charge in [0.25, 0.3) is 0 Å². The van der Waals surface area contributed by atoms with Gasteiger partial charge in [-0.3, -0.25) is 0 Å². The molecule has 0 heterocycles. The Bertz CT molecular complexity index is 641. The first-order chi connectivity index (χ1) is 10.5. The van der Waals surface area contributed by atoms with E-state index in [9.17, 15) is 10.2 Å². The summed E-state index contributed by atoms with van der Waals surface area (Å²) < 4.78 is 0. The van der Waals surface area contributed by atoms with Gasteiger partial charge in [-0.1, -0.05) is 13.0 Å². The van der Waals surface area contributed by atoms with Crippen molar-refractivity contribution in [2.24, 2.45) is 16.7 Å². The number of phenolic OH excluding ortho intramolecular Hbond substituents is 1. The maximum Gasteiger partial charge on any atom is 0.115 e. The quantitative estimate of drug-likeness (QED) is 0.755. The molecule has 4 aliphatic rings. The number of aryl methyl sites for hydroxylation is 1. The molecule has 3 atom stereocenters. The highest BCUT2D eigenvalue weighted by Gasteiger charge is 2.73. The molecule has 0 aromatic heterocycles. The van der Waals surface area contributed by atoms with Crippen molar-refractivity contribution in [3.8, 4) is 5.75 Å². The Morgan fingerprint density at radius 1 is 1.05 bits per heavy atom. The van der Waals surface area contributed by atoms with Gasteiger partial charge < -0.3 is 10.2 Å². The average molecular weight is 298 g/mol. The smallest absolute Gasteiger partial charge is 0.115 e. The van der Waals surface area contributed by atoms with E-state index in [1.165, 1.54) is 43.2 Å². The minimum absolute atomic E-state index is 0.148. The molecule has 0 amide bonds. The molecule has 2 bridgehead atoms. The number of benzene rings is 1. The minimum atomic E-state index is -0.382. The fourth-order valence-corrected chi connectivity index (χ4v) is 7.30. The summed E-state index contributed by atoms with van der Waals surface area (Å²) in [6.07, 6.45) is 9.23. The number of hydrogen-bond donors (Lipinski definition) is 2. The highest BCUT2D eigenvalue weighted by Crippen LogP contribution is 2.77. The van der Waals surface area contributed by atoms with Crippen molar-refractivity contribution in [2.45, 2.75) is 69.8 Å². The minimum Gasteiger partial charge on any atom is -0.508 e. The van der Waals surface area contributed by atoms with Crippen LogP contribution in [-0.4, -0.2) is 15.8 Å². The van der Waals surface area contributed by atoms with E-state index in [0.29, 0.717) is 17.1 Å². The van der Waals surface area contributed by atoms with E-state index in [1.54, 1.807) is 0 Å². The average Bonchev–Trinajstić information content (AvgIpc) is 2.88. The van der Waals surface area contributed by atoms with Crippen LogP contribution in [0.15, 0.2) is 18.2 Å². The van der Waals surface area contributed by atoms with Crippen molar-refractivity contribution in [3.05, 3.63) is 29.3 Å². The fourth-order valence-electron chi connectivity index (χ4n) is 7.30. The highest BCUT2D eigenvalue weighted by atomic mass is 16.3. The predicted octanol–water partition coefficient (Wildman–Crippen LogP) is 4.14. The lowest BCUT2D eigenvalue weighted by Gasteiger charge is -2.56. The van der Waals surface area contributed by atoms with Crippen LogP contribution in [0.5, 0.6) is 5.75 Å². The van der Waals surface area contributed by atoms with Crippen molar-refractivity contribution in [1.82, 2.24) is 0 Å². The number of aromatic hydroxyl groups is 1. The number of rotatable bonds is 0. The first-order valence-corrected chi connectivity index (χ1v) is 9.03. The molecule has 2 nitrogen and oxygen atoms in total. The summed E-state index contributed by atoms with van der Waals surface area (Å²) in [5, 5.41) is 21.0. The molecular weight excluding hydrogens is 272 g/mol. The molecular formula is C20H26O2. The lowest BCUT2D eigenvalue weighted by atomic mass is 9.48. The van der Waals surface area contributed by atoms with Gasteiger partial charge in [0.1, 0.15) is 5.75 Å². The van der Waals surface area contributed by atoms with E-state index in [0.717, 1.165) is 25.2 Å². The van der Waals surface area contributed by atoms with Crippen molar-refractivity contribution in [3.63, 3.8) is 0 Å². The van der Waals surface area contributed by atoms with E-state index in [1.807, 2.05) is 12.1 Å². The van der Waals surface area contributed by atoms with Gasteiger partial charge in [0.2, 0.25) is 0 Å². The zero-order chi connectivity index (χ0) is 15.2. The van der Waals surface area contributed by atoms with E-state index in [-0.39, 0.29) is 11.0 Å². The van der Waals surface area contributed by atoms with Crippen LogP contribution in [0.1, 0.15) is 68.9 Å². The molecule has 1 aromatic carbocycles. The van der Waals surface area contributed by atoms with Gasteiger partial charge in [-0.15, -0.1) is 0 Å². The first-order valence-electron chi connectivity index (χ1n) is 9.03. The van der Waals surface area contributed by atoms with E-state index >= 15 is 0 Å². The zero-order valence-electron chi connectivity index (χ0n) is 13.4. The molecule has 2 unspecified atom stereocenters. The van der Waals surface area contributed by atoms with Crippen molar-refractivity contribution in [1.29, 1.82) is 0 Å². The van der Waals surface area contributed by atoms with Crippen LogP contribution in [0.25, 0.3) is 0 Å². The molecule has 5 rings (SSSR count). The number of fused-ring (bicyclic) bond motifs is 3. The summed E-state index contributed by atoms with van der Waals surface area (Å²) in [5.41, 5.74) is 3.00. The van der Waals surface area contributed by atoms with Crippen molar-refractivity contribution in [2.75, 3.05) is 0 Å². The molecule has 1 aromatic rings. The van der Waals surface area contributed by atoms with Gasteiger partial charge in [-0.05, 0) is 91.9 Å². The van der Waals surface area contributed by atoms with Gasteiger partial charge in [0.15, 0.2) is 0 Å². The third-order valence-corrected chi connectivity index (χ3v) is 8.50. The Kier molecular flexibility index (Phi) is 2.38. The van der Waals surface area contributed by atoms with Crippen molar-refractivity contribution < 1.29 is 10.2 Å². The topological polar surface area (TPSA) is 40.5 Å². The lowest BCUT2D eigenvalue weighted by molar-refractivity contribution is -0.101. The summed E-state index contributed by atoms with van der Waals surface area (Å²) in [6.45, 7) is 2.40. The molecule has 2 N–H and O–H groups in total. The van der Waals surface area contributed by atoms with Gasteiger partial charge in [-0.2, -0.15) is 0 Å². The monoisotopic (exact) mass is 298 g/mol. The van der Waals surface area contributed by atoms with Gasteiger partial charge in [0.05, 0.1) is 5.60 Å². The Hall–Kier alpha value is -1.02.